The number of nitrogens with zero attached hydrogens (tertiary/aromatic N) is 1. The maximum Gasteiger partial charge on any atom is 0.338 e. The number of benzene rings is 1. The maximum absolute atomic E-state index is 11.9. The van der Waals surface area contributed by atoms with Gasteiger partial charge in [0.05, 0.1) is 24.3 Å². The normalized spacial score (nSPS) is 10.2. The van der Waals surface area contributed by atoms with Gasteiger partial charge in [0.2, 0.25) is 0 Å². The predicted octanol–water partition coefficient (Wildman–Crippen LogP) is 2.77. The first-order valence-corrected chi connectivity index (χ1v) is 9.83. The van der Waals surface area contributed by atoms with Crippen LogP contribution >= 0.6 is 23.1 Å². The van der Waals surface area contributed by atoms with Gasteiger partial charge < -0.3 is 9.47 Å². The molecule has 0 saturated carbocycles. The van der Waals surface area contributed by atoms with E-state index < -0.39 is 18.5 Å². The molecule has 0 aliphatic heterocycles. The molecule has 0 fully saturated rings. The second-order valence-corrected chi connectivity index (χ2v) is 6.72. The van der Waals surface area contributed by atoms with E-state index in [1.807, 2.05) is 18.4 Å². The van der Waals surface area contributed by atoms with Crippen LogP contribution < -0.4 is 5.32 Å². The molecule has 7 nitrogen and oxygen atoms in total. The highest BCUT2D eigenvalue weighted by Gasteiger charge is 2.13. The number of ether oxygens (including phenoxy) is 2. The molecule has 0 aliphatic rings. The van der Waals surface area contributed by atoms with Crippen molar-refractivity contribution in [2.24, 2.45) is 0 Å². The van der Waals surface area contributed by atoms with E-state index in [0.29, 0.717) is 23.0 Å². The number of hydrogen-bond acceptors (Lipinski definition) is 8. The molecule has 0 spiro atoms. The first-order chi connectivity index (χ1) is 12.5. The average Bonchev–Trinajstić information content (AvgIpc) is 3.06. The van der Waals surface area contributed by atoms with Gasteiger partial charge in [0.1, 0.15) is 0 Å². The fourth-order valence-electron chi connectivity index (χ4n) is 1.90. The number of nitrogens with one attached hydrogen (secondary N) is 1. The summed E-state index contributed by atoms with van der Waals surface area (Å²) in [4.78, 5) is 40.3. The summed E-state index contributed by atoms with van der Waals surface area (Å²) in [5.74, 6) is -1.46. The number of rotatable bonds is 8. The zero-order valence-corrected chi connectivity index (χ0v) is 15.9. The quantitative estimate of drug-likeness (QED) is 0.543. The van der Waals surface area contributed by atoms with Gasteiger partial charge in [0, 0.05) is 10.3 Å². The Balaban J connectivity index is 1.80. The van der Waals surface area contributed by atoms with Crippen molar-refractivity contribution in [1.29, 1.82) is 0 Å². The lowest BCUT2D eigenvalue weighted by molar-refractivity contribution is -0.142. The highest BCUT2D eigenvalue weighted by molar-refractivity contribution is 7.98. The summed E-state index contributed by atoms with van der Waals surface area (Å²) in [7, 11) is 0. The molecule has 9 heteroatoms. The van der Waals surface area contributed by atoms with Crippen molar-refractivity contribution in [2.45, 2.75) is 18.2 Å². The molecule has 1 heterocycles. The highest BCUT2D eigenvalue weighted by Crippen LogP contribution is 2.17. The smallest absolute Gasteiger partial charge is 0.338 e. The lowest BCUT2D eigenvalue weighted by atomic mass is 10.2. The van der Waals surface area contributed by atoms with Gasteiger partial charge in [0.25, 0.3) is 5.91 Å². The van der Waals surface area contributed by atoms with E-state index in [4.69, 9.17) is 9.47 Å². The number of carbonyl (C=O) groups is 3. The van der Waals surface area contributed by atoms with Crippen LogP contribution in [0.4, 0.5) is 5.13 Å². The Morgan fingerprint density at radius 2 is 1.92 bits per heavy atom. The summed E-state index contributed by atoms with van der Waals surface area (Å²) in [6, 6.07) is 6.91. The van der Waals surface area contributed by atoms with Crippen LogP contribution in [-0.2, 0) is 25.5 Å². The van der Waals surface area contributed by atoms with Gasteiger partial charge in [-0.15, -0.1) is 23.1 Å². The van der Waals surface area contributed by atoms with Gasteiger partial charge in [-0.05, 0) is 37.4 Å². The lowest BCUT2D eigenvalue weighted by Gasteiger charge is -2.05. The van der Waals surface area contributed by atoms with Crippen molar-refractivity contribution in [1.82, 2.24) is 4.98 Å². The van der Waals surface area contributed by atoms with Gasteiger partial charge in [-0.25, -0.2) is 9.78 Å². The molecule has 0 radical (unpaired) electrons. The Morgan fingerprint density at radius 1 is 1.19 bits per heavy atom. The number of amides is 1. The van der Waals surface area contributed by atoms with Crippen LogP contribution in [0.2, 0.25) is 0 Å². The fourth-order valence-corrected chi connectivity index (χ4v) is 3.04. The highest BCUT2D eigenvalue weighted by atomic mass is 32.2. The monoisotopic (exact) mass is 394 g/mol. The number of hydrogen-bond donors (Lipinski definition) is 1. The van der Waals surface area contributed by atoms with Gasteiger partial charge in [0.15, 0.2) is 11.7 Å². The van der Waals surface area contributed by atoms with Gasteiger partial charge in [-0.2, -0.15) is 0 Å². The standard InChI is InChI=1S/C17H18N2O5S2/c1-3-23-15(21)8-12-10-26-17(18-12)19-14(20)9-24-16(22)11-4-6-13(25-2)7-5-11/h4-7,10H,3,8-9H2,1-2H3,(H,18,19,20). The van der Waals surface area contributed by atoms with Crippen molar-refractivity contribution in [2.75, 3.05) is 24.8 Å². The molecule has 0 atom stereocenters. The molecule has 2 aromatic rings. The summed E-state index contributed by atoms with van der Waals surface area (Å²) >= 11 is 2.74. The first-order valence-electron chi connectivity index (χ1n) is 7.73. The van der Waals surface area contributed by atoms with Crippen LogP contribution in [0.25, 0.3) is 0 Å². The van der Waals surface area contributed by atoms with Crippen molar-refractivity contribution in [3.8, 4) is 0 Å². The van der Waals surface area contributed by atoms with Crippen molar-refractivity contribution < 1.29 is 23.9 Å². The van der Waals surface area contributed by atoms with Gasteiger partial charge in [-0.3, -0.25) is 14.9 Å². The third-order valence-corrected chi connectivity index (χ3v) is 4.64. The molecule has 1 amide bonds. The van der Waals surface area contributed by atoms with E-state index in [1.165, 1.54) is 11.3 Å². The van der Waals surface area contributed by atoms with Crippen LogP contribution in [0.3, 0.4) is 0 Å². The maximum atomic E-state index is 11.9. The number of thioether (sulfide) groups is 1. The van der Waals surface area contributed by atoms with Gasteiger partial charge >= 0.3 is 11.9 Å². The number of thiazole rings is 1. The largest absolute Gasteiger partial charge is 0.466 e. The summed E-state index contributed by atoms with van der Waals surface area (Å²) in [5, 5.41) is 4.52. The number of esters is 2. The van der Waals surface area contributed by atoms with Crippen LogP contribution in [0.1, 0.15) is 23.0 Å². The average molecular weight is 394 g/mol. The fraction of sp³-hybridized carbons (Fsp3) is 0.294. The molecule has 0 unspecified atom stereocenters. The molecular weight excluding hydrogens is 376 g/mol. The minimum atomic E-state index is -0.574. The van der Waals surface area contributed by atoms with Gasteiger partial charge in [-0.1, -0.05) is 0 Å². The second-order valence-electron chi connectivity index (χ2n) is 4.98. The van der Waals surface area contributed by atoms with Crippen molar-refractivity contribution in [3.05, 3.63) is 40.9 Å². The molecule has 26 heavy (non-hydrogen) atoms. The van der Waals surface area contributed by atoms with E-state index >= 15 is 0 Å². The minimum absolute atomic E-state index is 0.0429. The number of anilines is 1. The Bertz CT molecular complexity index is 774. The van der Waals surface area contributed by atoms with Crippen LogP contribution in [-0.4, -0.2) is 42.3 Å². The van der Waals surface area contributed by atoms with Crippen molar-refractivity contribution >= 4 is 46.1 Å². The zero-order valence-electron chi connectivity index (χ0n) is 14.3. The third kappa shape index (κ3) is 6.16. The molecular formula is C17H18N2O5S2. The number of carbonyl (C=O) groups excluding carboxylic acids is 3. The SMILES string of the molecule is CCOC(=O)Cc1csc(NC(=O)COC(=O)c2ccc(SC)cc2)n1. The molecule has 138 valence electrons. The minimum Gasteiger partial charge on any atom is -0.466 e. The number of aromatic nitrogens is 1. The summed E-state index contributed by atoms with van der Waals surface area (Å²) in [6.07, 6.45) is 1.98. The molecule has 2 rings (SSSR count). The summed E-state index contributed by atoms with van der Waals surface area (Å²) in [6.45, 7) is 1.61. The second kappa shape index (κ2) is 9.93. The molecule has 0 bridgehead atoms. The van der Waals surface area contributed by atoms with E-state index in [2.05, 4.69) is 10.3 Å². The summed E-state index contributed by atoms with van der Waals surface area (Å²) < 4.78 is 9.82. The Labute approximate surface area is 159 Å². The molecule has 0 aliphatic carbocycles. The molecule has 1 aromatic carbocycles. The van der Waals surface area contributed by atoms with E-state index in [9.17, 15) is 14.4 Å². The van der Waals surface area contributed by atoms with E-state index in [1.54, 1.807) is 36.2 Å². The Hall–Kier alpha value is -2.39. The summed E-state index contributed by atoms with van der Waals surface area (Å²) in [5.41, 5.74) is 0.885. The lowest BCUT2D eigenvalue weighted by Crippen LogP contribution is -2.21. The van der Waals surface area contributed by atoms with Crippen molar-refractivity contribution in [3.63, 3.8) is 0 Å². The van der Waals surface area contributed by atoms with Crippen LogP contribution in [0, 0.1) is 0 Å². The topological polar surface area (TPSA) is 94.6 Å². The van der Waals surface area contributed by atoms with E-state index in [-0.39, 0.29) is 12.4 Å². The first kappa shape index (κ1) is 19.9. The predicted molar refractivity (Wildman–Crippen MR) is 99.6 cm³/mol. The van der Waals surface area contributed by atoms with Crippen LogP contribution in [0.5, 0.6) is 0 Å². The van der Waals surface area contributed by atoms with Crippen LogP contribution in [0.15, 0.2) is 34.5 Å². The zero-order chi connectivity index (χ0) is 18.9. The van der Waals surface area contributed by atoms with E-state index in [0.717, 1.165) is 4.90 Å². The Morgan fingerprint density at radius 3 is 2.58 bits per heavy atom. The molecule has 1 aromatic heterocycles. The molecule has 1 N–H and O–H groups in total. The third-order valence-electron chi connectivity index (χ3n) is 3.09. The Kier molecular flexibility index (Phi) is 7.61. The molecule has 0 saturated heterocycles.